The third-order valence-electron chi connectivity index (χ3n) is 9.18. The maximum Gasteiger partial charge on any atom is 0.395 e. The zero-order valence-electron chi connectivity index (χ0n) is 26.1. The van der Waals surface area contributed by atoms with Crippen LogP contribution in [0.5, 0.6) is 0 Å². The number of hydrogen-bond acceptors (Lipinski definition) is 5. The fourth-order valence-electron chi connectivity index (χ4n) is 6.80. The summed E-state index contributed by atoms with van der Waals surface area (Å²) in [5, 5.41) is 0. The Bertz CT molecular complexity index is 2190. The molecular weight excluding hydrogens is 584 g/mol. The van der Waals surface area contributed by atoms with Crippen molar-refractivity contribution >= 4 is 36.1 Å². The van der Waals surface area contributed by atoms with E-state index in [-0.39, 0.29) is 13.8 Å². The van der Waals surface area contributed by atoms with Crippen LogP contribution in [-0.4, -0.2) is 33.5 Å². The van der Waals surface area contributed by atoms with Crippen LogP contribution >= 0.6 is 0 Å². The highest BCUT2D eigenvalue weighted by Gasteiger charge is 2.43. The number of nitrogens with zero attached hydrogens (tertiary/aromatic N) is 5. The molecule has 0 saturated heterocycles. The van der Waals surface area contributed by atoms with Crippen LogP contribution in [0, 0.1) is 0 Å². The normalized spacial score (nSPS) is 14.6. The molecule has 0 spiro atoms. The summed E-state index contributed by atoms with van der Waals surface area (Å²) in [4.78, 5) is 17.4. The standard InChI is InChI=1S/C41H29B2N5/c1-5-13-30(14-6-1)34-21-22-38-37(27-34)42-25-23-36(29-48(42)43-26-24-35(28-47(38)43)31-15-7-2-8-16-31)41-45-39(32-17-9-3-10-18-32)44-40(46-41)33-19-11-4-12-20-33/h1-29H. The second-order valence-corrected chi connectivity index (χ2v) is 12.1. The van der Waals surface area contributed by atoms with Crippen molar-refractivity contribution in [2.24, 2.45) is 0 Å². The largest absolute Gasteiger partial charge is 0.436 e. The molecule has 0 N–H and O–H groups in total. The molecule has 0 radical (unpaired) electrons. The van der Waals surface area contributed by atoms with E-state index in [1.165, 1.54) is 33.4 Å². The second kappa shape index (κ2) is 11.9. The van der Waals surface area contributed by atoms with Gasteiger partial charge in [-0.15, -0.1) is 0 Å². The minimum absolute atomic E-state index is 0.0264. The quantitative estimate of drug-likeness (QED) is 0.185. The lowest BCUT2D eigenvalue weighted by atomic mass is 9.42. The van der Waals surface area contributed by atoms with Crippen molar-refractivity contribution in [2.45, 2.75) is 0 Å². The Morgan fingerprint density at radius 3 is 1.60 bits per heavy atom. The molecule has 0 unspecified atom stereocenters. The summed E-state index contributed by atoms with van der Waals surface area (Å²) in [6, 6.07) is 48.3. The minimum Gasteiger partial charge on any atom is -0.436 e. The highest BCUT2D eigenvalue weighted by atomic mass is 15.2. The summed E-state index contributed by atoms with van der Waals surface area (Å²) in [6.45, 7) is 0.00974. The van der Waals surface area contributed by atoms with Crippen LogP contribution in [0.3, 0.4) is 0 Å². The van der Waals surface area contributed by atoms with Crippen LogP contribution < -0.4 is 10.3 Å². The van der Waals surface area contributed by atoms with Crippen molar-refractivity contribution < 1.29 is 0 Å². The van der Waals surface area contributed by atoms with Gasteiger partial charge < -0.3 is 9.53 Å². The van der Waals surface area contributed by atoms with Gasteiger partial charge in [0.1, 0.15) is 0 Å². The number of benzene rings is 5. The predicted octanol–water partition coefficient (Wildman–Crippen LogP) is 7.98. The van der Waals surface area contributed by atoms with Gasteiger partial charge in [0.25, 0.3) is 0 Å². The van der Waals surface area contributed by atoms with Gasteiger partial charge in [-0.25, -0.2) is 15.0 Å². The summed E-state index contributed by atoms with van der Waals surface area (Å²) in [6.07, 6.45) is 8.93. The zero-order chi connectivity index (χ0) is 31.9. The van der Waals surface area contributed by atoms with Crippen LogP contribution in [0.2, 0.25) is 0 Å². The average molecular weight is 613 g/mol. The topological polar surface area (TPSA) is 45.2 Å². The molecule has 0 amide bonds. The molecule has 7 heteroatoms. The molecule has 0 aliphatic carbocycles. The first-order chi connectivity index (χ1) is 23.8. The molecule has 0 saturated carbocycles. The lowest BCUT2D eigenvalue weighted by molar-refractivity contribution is 0.878. The summed E-state index contributed by atoms with van der Waals surface area (Å²) < 4.78 is 2.43. The summed E-state index contributed by atoms with van der Waals surface area (Å²) in [5.74, 6) is 6.55. The molecule has 5 aromatic carbocycles. The van der Waals surface area contributed by atoms with E-state index in [9.17, 15) is 0 Å². The summed E-state index contributed by atoms with van der Waals surface area (Å²) in [7, 11) is 0. The van der Waals surface area contributed by atoms with E-state index in [0.717, 1.165) is 16.7 Å². The van der Waals surface area contributed by atoms with Gasteiger partial charge in [0.15, 0.2) is 17.5 Å². The number of allylic oxidation sites excluding steroid dienone is 4. The monoisotopic (exact) mass is 613 g/mol. The van der Waals surface area contributed by atoms with Gasteiger partial charge in [-0.3, -0.25) is 0 Å². The SMILES string of the molecule is C1=CC(c2nc(-c3ccccc3)nc(-c3ccccc3)n2)=CN2B1c1cc(-c3ccccc3)ccc1N1C=C(c3ccccc3)C=CB21. The van der Waals surface area contributed by atoms with Crippen LogP contribution in [0.1, 0.15) is 11.4 Å². The molecule has 4 heterocycles. The van der Waals surface area contributed by atoms with Gasteiger partial charge in [-0.2, -0.15) is 0 Å². The first-order valence-electron chi connectivity index (χ1n) is 16.3. The fourth-order valence-corrected chi connectivity index (χ4v) is 6.80. The highest BCUT2D eigenvalue weighted by molar-refractivity contribution is 6.91. The molecule has 1 aromatic heterocycles. The van der Waals surface area contributed by atoms with E-state index >= 15 is 0 Å². The predicted molar refractivity (Wildman–Crippen MR) is 199 cm³/mol. The molecule has 224 valence electrons. The molecule has 5 nitrogen and oxygen atoms in total. The molecule has 0 atom stereocenters. The Kier molecular flexibility index (Phi) is 6.94. The maximum absolute atomic E-state index is 5.03. The zero-order valence-corrected chi connectivity index (χ0v) is 26.1. The highest BCUT2D eigenvalue weighted by Crippen LogP contribution is 2.35. The van der Waals surface area contributed by atoms with Gasteiger partial charge in [0.05, 0.1) is 0 Å². The Morgan fingerprint density at radius 2 is 0.979 bits per heavy atom. The van der Waals surface area contributed by atoms with Crippen molar-refractivity contribution in [2.75, 3.05) is 4.81 Å². The number of rotatable bonds is 5. The van der Waals surface area contributed by atoms with E-state index < -0.39 is 0 Å². The van der Waals surface area contributed by atoms with Crippen molar-refractivity contribution in [3.63, 3.8) is 0 Å². The van der Waals surface area contributed by atoms with Crippen molar-refractivity contribution in [3.8, 4) is 33.9 Å². The summed E-state index contributed by atoms with van der Waals surface area (Å²) >= 11 is 0. The van der Waals surface area contributed by atoms with E-state index in [1.54, 1.807) is 0 Å². The Labute approximate surface area is 281 Å². The number of hydrogen-bond donors (Lipinski definition) is 0. The molecule has 3 aliphatic heterocycles. The van der Waals surface area contributed by atoms with Crippen molar-refractivity contribution in [3.05, 3.63) is 187 Å². The van der Waals surface area contributed by atoms with Gasteiger partial charge in [-0.1, -0.05) is 158 Å². The third kappa shape index (κ3) is 5.06. The van der Waals surface area contributed by atoms with Crippen LogP contribution in [-0.2, 0) is 0 Å². The molecule has 0 fully saturated rings. The Morgan fingerprint density at radius 1 is 0.438 bits per heavy atom. The first-order valence-corrected chi connectivity index (χ1v) is 16.3. The van der Waals surface area contributed by atoms with Gasteiger partial charge in [0.2, 0.25) is 0 Å². The summed E-state index contributed by atoms with van der Waals surface area (Å²) in [5.41, 5.74) is 10.1. The van der Waals surface area contributed by atoms with E-state index in [2.05, 4.69) is 125 Å². The third-order valence-corrected chi connectivity index (χ3v) is 9.18. The van der Waals surface area contributed by atoms with Gasteiger partial charge >= 0.3 is 13.8 Å². The van der Waals surface area contributed by atoms with Crippen LogP contribution in [0.25, 0.3) is 45.0 Å². The first kappa shape index (κ1) is 28.1. The Balaban J connectivity index is 1.18. The van der Waals surface area contributed by atoms with Crippen molar-refractivity contribution in [1.82, 2.24) is 19.7 Å². The molecule has 0 bridgehead atoms. The van der Waals surface area contributed by atoms with Gasteiger partial charge in [-0.05, 0) is 40.0 Å². The van der Waals surface area contributed by atoms with E-state index in [0.29, 0.717) is 17.5 Å². The number of aromatic nitrogens is 3. The lowest BCUT2D eigenvalue weighted by Gasteiger charge is -2.46. The van der Waals surface area contributed by atoms with Crippen LogP contribution in [0.15, 0.2) is 176 Å². The minimum atomic E-state index is -0.0264. The molecular formula is C41H29B2N5. The smallest absolute Gasteiger partial charge is 0.395 e. The van der Waals surface area contributed by atoms with Gasteiger partial charge in [0, 0.05) is 28.6 Å². The lowest BCUT2D eigenvalue weighted by Crippen LogP contribution is -2.64. The number of fused-ring (bicyclic) bond motifs is 6. The van der Waals surface area contributed by atoms with E-state index in [4.69, 9.17) is 15.0 Å². The second-order valence-electron chi connectivity index (χ2n) is 12.1. The molecule has 6 aromatic rings. The number of anilines is 1. The van der Waals surface area contributed by atoms with Crippen LogP contribution in [0.4, 0.5) is 5.69 Å². The van der Waals surface area contributed by atoms with Crippen molar-refractivity contribution in [1.29, 1.82) is 0 Å². The molecule has 3 aliphatic rings. The fraction of sp³-hybridized carbons (Fsp3) is 0. The maximum atomic E-state index is 5.03. The molecule has 48 heavy (non-hydrogen) atoms. The molecule has 9 rings (SSSR count). The average Bonchev–Trinajstić information content (AvgIpc) is 3.18. The van der Waals surface area contributed by atoms with E-state index in [1.807, 2.05) is 60.7 Å². The Hall–Kier alpha value is -6.20.